The van der Waals surface area contributed by atoms with E-state index in [1.54, 1.807) is 12.1 Å². The first-order valence-corrected chi connectivity index (χ1v) is 5.15. The second kappa shape index (κ2) is 4.81. The molecule has 5 heteroatoms. The number of halogens is 2. The summed E-state index contributed by atoms with van der Waals surface area (Å²) in [5.74, 6) is 0.0914. The topological polar surface area (TPSA) is 48.7 Å². The fraction of sp³-hybridized carbons (Fsp3) is 0. The highest BCUT2D eigenvalue weighted by Crippen LogP contribution is 2.20. The third-order valence-electron chi connectivity index (χ3n) is 2.09. The van der Waals surface area contributed by atoms with Gasteiger partial charge in [-0.3, -0.25) is 0 Å². The van der Waals surface area contributed by atoms with Gasteiger partial charge in [0.15, 0.2) is 0 Å². The maximum atomic E-state index is 12.9. The average molecular weight is 248 g/mol. The summed E-state index contributed by atoms with van der Waals surface area (Å²) in [4.78, 5) is 4.03. The summed E-state index contributed by atoms with van der Waals surface area (Å²) < 4.78 is 12.9. The fourth-order valence-electron chi connectivity index (χ4n) is 1.31. The molecule has 0 spiro atoms. The summed E-state index contributed by atoms with van der Waals surface area (Å²) in [6, 6.07) is 9.19. The Bertz CT molecular complexity index is 575. The van der Waals surface area contributed by atoms with Crippen LogP contribution in [0.25, 0.3) is 0 Å². The average Bonchev–Trinajstić information content (AvgIpc) is 2.34. The largest absolute Gasteiger partial charge is 0.339 e. The minimum Gasteiger partial charge on any atom is -0.339 e. The second-order valence-electron chi connectivity index (χ2n) is 3.29. The minimum atomic E-state index is -0.448. The molecule has 84 valence electrons. The maximum Gasteiger partial charge on any atom is 0.130 e. The lowest BCUT2D eigenvalue weighted by Crippen LogP contribution is -1.96. The standard InChI is InChI=1S/C12H7ClFN3/c13-9-1-4-12(16-7-9)17-11-3-2-10(14)5-8(11)6-15/h1-5,7H,(H,16,17). The smallest absolute Gasteiger partial charge is 0.130 e. The molecule has 1 heterocycles. The lowest BCUT2D eigenvalue weighted by atomic mass is 10.2. The number of nitrogens with zero attached hydrogens (tertiary/aromatic N) is 2. The van der Waals surface area contributed by atoms with Crippen molar-refractivity contribution in [1.29, 1.82) is 5.26 Å². The molecule has 3 nitrogen and oxygen atoms in total. The summed E-state index contributed by atoms with van der Waals surface area (Å²) in [5.41, 5.74) is 0.727. The third-order valence-corrected chi connectivity index (χ3v) is 2.32. The summed E-state index contributed by atoms with van der Waals surface area (Å²) in [7, 11) is 0. The van der Waals surface area contributed by atoms with E-state index in [4.69, 9.17) is 16.9 Å². The Labute approximate surface area is 102 Å². The summed E-state index contributed by atoms with van der Waals surface area (Å²) in [6.07, 6.45) is 1.49. The van der Waals surface area contributed by atoms with E-state index < -0.39 is 5.82 Å². The zero-order chi connectivity index (χ0) is 12.3. The van der Waals surface area contributed by atoms with Crippen LogP contribution in [0, 0.1) is 17.1 Å². The van der Waals surface area contributed by atoms with Crippen LogP contribution in [0.3, 0.4) is 0 Å². The van der Waals surface area contributed by atoms with Crippen molar-refractivity contribution in [2.24, 2.45) is 0 Å². The van der Waals surface area contributed by atoms with E-state index >= 15 is 0 Å². The van der Waals surface area contributed by atoms with Gasteiger partial charge in [0.25, 0.3) is 0 Å². The van der Waals surface area contributed by atoms with E-state index in [2.05, 4.69) is 10.3 Å². The Balaban J connectivity index is 2.30. The number of hydrogen-bond acceptors (Lipinski definition) is 3. The summed E-state index contributed by atoms with van der Waals surface area (Å²) in [6.45, 7) is 0. The van der Waals surface area contributed by atoms with Gasteiger partial charge in [0.1, 0.15) is 17.7 Å². The zero-order valence-electron chi connectivity index (χ0n) is 8.61. The van der Waals surface area contributed by atoms with Crippen LogP contribution in [0.15, 0.2) is 36.5 Å². The number of nitriles is 1. The minimum absolute atomic E-state index is 0.224. The van der Waals surface area contributed by atoms with Gasteiger partial charge in [0.2, 0.25) is 0 Å². The molecule has 17 heavy (non-hydrogen) atoms. The van der Waals surface area contributed by atoms with Crippen LogP contribution in [-0.2, 0) is 0 Å². The summed E-state index contributed by atoms with van der Waals surface area (Å²) in [5, 5.41) is 12.3. The Morgan fingerprint density at radius 2 is 2.12 bits per heavy atom. The second-order valence-corrected chi connectivity index (χ2v) is 3.72. The van der Waals surface area contributed by atoms with Crippen LogP contribution < -0.4 is 5.32 Å². The molecular formula is C12H7ClFN3. The molecule has 2 aromatic rings. The summed E-state index contributed by atoms with van der Waals surface area (Å²) >= 11 is 5.70. The van der Waals surface area contributed by atoms with E-state index in [0.717, 1.165) is 6.07 Å². The molecule has 0 atom stereocenters. The van der Waals surface area contributed by atoms with Gasteiger partial charge in [-0.1, -0.05) is 11.6 Å². The van der Waals surface area contributed by atoms with Crippen LogP contribution in [0.4, 0.5) is 15.9 Å². The number of rotatable bonds is 2. The van der Waals surface area contributed by atoms with E-state index in [-0.39, 0.29) is 5.56 Å². The first-order chi connectivity index (χ1) is 8.19. The van der Waals surface area contributed by atoms with Crippen LogP contribution in [0.1, 0.15) is 5.56 Å². The van der Waals surface area contributed by atoms with Crippen LogP contribution in [-0.4, -0.2) is 4.98 Å². The van der Waals surface area contributed by atoms with Crippen molar-refractivity contribution in [3.05, 3.63) is 52.9 Å². The van der Waals surface area contributed by atoms with Gasteiger partial charge in [-0.15, -0.1) is 0 Å². The van der Waals surface area contributed by atoms with Crippen molar-refractivity contribution in [2.75, 3.05) is 5.32 Å². The first-order valence-electron chi connectivity index (χ1n) is 4.77. The van der Waals surface area contributed by atoms with Gasteiger partial charge in [0.05, 0.1) is 16.3 Å². The van der Waals surface area contributed by atoms with E-state index in [0.29, 0.717) is 16.5 Å². The van der Waals surface area contributed by atoms with Crippen molar-refractivity contribution in [3.8, 4) is 6.07 Å². The number of hydrogen-bond donors (Lipinski definition) is 1. The molecule has 0 aliphatic rings. The first kappa shape index (κ1) is 11.4. The van der Waals surface area contributed by atoms with E-state index in [9.17, 15) is 4.39 Å². The lowest BCUT2D eigenvalue weighted by molar-refractivity contribution is 0.627. The Morgan fingerprint density at radius 3 is 2.76 bits per heavy atom. The molecule has 1 aromatic carbocycles. The van der Waals surface area contributed by atoms with E-state index in [1.165, 1.54) is 18.3 Å². The predicted octanol–water partition coefficient (Wildman–Crippen LogP) is 3.49. The van der Waals surface area contributed by atoms with Gasteiger partial charge >= 0.3 is 0 Å². The SMILES string of the molecule is N#Cc1cc(F)ccc1Nc1ccc(Cl)cn1. The Morgan fingerprint density at radius 1 is 1.29 bits per heavy atom. The molecule has 0 radical (unpaired) electrons. The van der Waals surface area contributed by atoms with Gasteiger partial charge in [-0.25, -0.2) is 9.37 Å². The van der Waals surface area contributed by atoms with Crippen molar-refractivity contribution < 1.29 is 4.39 Å². The van der Waals surface area contributed by atoms with Crippen molar-refractivity contribution in [3.63, 3.8) is 0 Å². The van der Waals surface area contributed by atoms with Crippen molar-refractivity contribution in [2.45, 2.75) is 0 Å². The number of anilines is 2. The highest BCUT2D eigenvalue weighted by molar-refractivity contribution is 6.30. The molecule has 0 bridgehead atoms. The molecule has 0 saturated carbocycles. The monoisotopic (exact) mass is 247 g/mol. The molecule has 0 aliphatic carbocycles. The predicted molar refractivity (Wildman–Crippen MR) is 63.6 cm³/mol. The lowest BCUT2D eigenvalue weighted by Gasteiger charge is -2.07. The van der Waals surface area contributed by atoms with Gasteiger partial charge in [-0.2, -0.15) is 5.26 Å². The quantitative estimate of drug-likeness (QED) is 0.884. The molecule has 0 aliphatic heterocycles. The fourth-order valence-corrected chi connectivity index (χ4v) is 1.42. The van der Waals surface area contributed by atoms with E-state index in [1.807, 2.05) is 6.07 Å². The van der Waals surface area contributed by atoms with Crippen molar-refractivity contribution >= 4 is 23.1 Å². The molecule has 1 N–H and O–H groups in total. The zero-order valence-corrected chi connectivity index (χ0v) is 9.37. The molecule has 0 fully saturated rings. The van der Waals surface area contributed by atoms with Crippen molar-refractivity contribution in [1.82, 2.24) is 4.98 Å². The molecular weight excluding hydrogens is 241 g/mol. The molecule has 0 unspecified atom stereocenters. The molecule has 1 aromatic heterocycles. The number of benzene rings is 1. The Hall–Kier alpha value is -2.12. The highest BCUT2D eigenvalue weighted by atomic mass is 35.5. The molecule has 0 amide bonds. The number of nitrogens with one attached hydrogen (secondary N) is 1. The van der Waals surface area contributed by atoms with Gasteiger partial charge in [0, 0.05) is 6.20 Å². The molecule has 0 saturated heterocycles. The van der Waals surface area contributed by atoms with Crippen LogP contribution >= 0.6 is 11.6 Å². The maximum absolute atomic E-state index is 12.9. The number of pyridine rings is 1. The normalized spacial score (nSPS) is 9.71. The number of aromatic nitrogens is 1. The van der Waals surface area contributed by atoms with Gasteiger partial charge in [-0.05, 0) is 30.3 Å². The van der Waals surface area contributed by atoms with Crippen LogP contribution in [0.5, 0.6) is 0 Å². The Kier molecular flexibility index (Phi) is 3.22. The van der Waals surface area contributed by atoms with Crippen LogP contribution in [0.2, 0.25) is 5.02 Å². The van der Waals surface area contributed by atoms with Gasteiger partial charge < -0.3 is 5.32 Å². The third kappa shape index (κ3) is 2.71. The highest BCUT2D eigenvalue weighted by Gasteiger charge is 2.04. The molecule has 2 rings (SSSR count).